The lowest BCUT2D eigenvalue weighted by molar-refractivity contribution is -0.138. The second kappa shape index (κ2) is 7.00. The molecule has 0 aliphatic carbocycles. The molecule has 1 aliphatic heterocycles. The molecule has 8 heteroatoms. The van der Waals surface area contributed by atoms with Crippen LogP contribution in [0.2, 0.25) is 5.02 Å². The van der Waals surface area contributed by atoms with E-state index in [1.54, 1.807) is 29.3 Å². The molecule has 0 unspecified atom stereocenters. The second-order valence-electron chi connectivity index (χ2n) is 5.96. The number of halogens is 1. The fraction of sp³-hybridized carbons (Fsp3) is 0.375. The Kier molecular flexibility index (Phi) is 4.80. The monoisotopic (exact) mass is 348 g/mol. The minimum atomic E-state index is -0.877. The van der Waals surface area contributed by atoms with E-state index < -0.39 is 5.97 Å². The van der Waals surface area contributed by atoms with Gasteiger partial charge in [-0.1, -0.05) is 23.7 Å². The van der Waals surface area contributed by atoms with Crippen LogP contribution in [-0.2, 0) is 16.0 Å². The van der Waals surface area contributed by atoms with Crippen LogP contribution < -0.4 is 0 Å². The van der Waals surface area contributed by atoms with Gasteiger partial charge in [0.25, 0.3) is 0 Å². The molecule has 126 valence electrons. The number of hydrogen-bond acceptors (Lipinski definition) is 4. The highest BCUT2D eigenvalue weighted by Crippen LogP contribution is 2.33. The van der Waals surface area contributed by atoms with E-state index in [-0.39, 0.29) is 30.6 Å². The van der Waals surface area contributed by atoms with Gasteiger partial charge in [0.05, 0.1) is 24.7 Å². The average molecular weight is 349 g/mol. The Hall–Kier alpha value is -2.41. The number of nitrogens with zero attached hydrogens (tertiary/aromatic N) is 3. The van der Waals surface area contributed by atoms with Crippen molar-refractivity contribution in [2.75, 3.05) is 13.1 Å². The van der Waals surface area contributed by atoms with Crippen LogP contribution in [0.25, 0.3) is 0 Å². The molecular formula is C16H17ClN4O3. The summed E-state index contributed by atoms with van der Waals surface area (Å²) in [6, 6.07) is 7.18. The van der Waals surface area contributed by atoms with Gasteiger partial charge in [-0.3, -0.25) is 9.59 Å². The van der Waals surface area contributed by atoms with Gasteiger partial charge in [0.15, 0.2) is 0 Å². The number of carbonyl (C=O) groups is 2. The minimum absolute atomic E-state index is 0.00152. The van der Waals surface area contributed by atoms with Gasteiger partial charge in [0, 0.05) is 24.0 Å². The largest absolute Gasteiger partial charge is 0.481 e. The van der Waals surface area contributed by atoms with Gasteiger partial charge in [-0.05, 0) is 23.6 Å². The van der Waals surface area contributed by atoms with Crippen molar-refractivity contribution in [3.05, 3.63) is 46.7 Å². The average Bonchev–Trinajstić information content (AvgIpc) is 3.15. The molecule has 1 aromatic carbocycles. The number of aromatic nitrogens is 3. The first-order valence-corrected chi connectivity index (χ1v) is 8.00. The molecule has 1 aromatic heterocycles. The van der Waals surface area contributed by atoms with Gasteiger partial charge in [0.1, 0.15) is 0 Å². The molecule has 7 nitrogen and oxygen atoms in total. The van der Waals surface area contributed by atoms with Crippen molar-refractivity contribution in [1.29, 1.82) is 0 Å². The van der Waals surface area contributed by atoms with Crippen LogP contribution in [0.4, 0.5) is 0 Å². The molecule has 0 spiro atoms. The maximum Gasteiger partial charge on any atom is 0.303 e. The lowest BCUT2D eigenvalue weighted by Gasteiger charge is -2.16. The number of H-pyrrole nitrogens is 1. The number of carbonyl (C=O) groups excluding carboxylic acids is 1. The number of carboxylic acids is 1. The zero-order valence-electron chi connectivity index (χ0n) is 12.9. The number of nitrogens with one attached hydrogen (secondary N) is 1. The summed E-state index contributed by atoms with van der Waals surface area (Å²) in [6.45, 7) is 0.854. The maximum absolute atomic E-state index is 12.6. The third-order valence-corrected chi connectivity index (χ3v) is 4.52. The van der Waals surface area contributed by atoms with E-state index in [2.05, 4.69) is 15.4 Å². The van der Waals surface area contributed by atoms with Gasteiger partial charge in [-0.25, -0.2) is 0 Å². The molecule has 1 amide bonds. The molecule has 0 radical (unpaired) electrons. The first kappa shape index (κ1) is 16.4. The van der Waals surface area contributed by atoms with Gasteiger partial charge in [-0.2, -0.15) is 15.4 Å². The van der Waals surface area contributed by atoms with Gasteiger partial charge >= 0.3 is 5.97 Å². The van der Waals surface area contributed by atoms with E-state index in [4.69, 9.17) is 16.7 Å². The highest BCUT2D eigenvalue weighted by Gasteiger charge is 2.38. The van der Waals surface area contributed by atoms with Gasteiger partial charge in [-0.15, -0.1) is 0 Å². The fourth-order valence-corrected chi connectivity index (χ4v) is 3.38. The zero-order chi connectivity index (χ0) is 17.1. The van der Waals surface area contributed by atoms with Crippen molar-refractivity contribution in [2.24, 2.45) is 5.92 Å². The summed E-state index contributed by atoms with van der Waals surface area (Å²) in [5.41, 5.74) is 1.53. The summed E-state index contributed by atoms with van der Waals surface area (Å²) in [5, 5.41) is 20.1. The van der Waals surface area contributed by atoms with E-state index in [9.17, 15) is 9.59 Å². The third kappa shape index (κ3) is 3.73. The Labute approximate surface area is 143 Å². The Morgan fingerprint density at radius 2 is 2.21 bits per heavy atom. The number of aromatic amines is 1. The standard InChI is InChI=1S/C16H17ClN4O3/c17-12-3-1-2-10(4-12)5-15(22)21-8-11(6-16(23)24)13(9-21)14-7-18-20-19-14/h1-4,7,11,13H,5-6,8-9H2,(H,23,24)(H,18,19,20)/t11-,13+/m0/s1. The van der Waals surface area contributed by atoms with Crippen molar-refractivity contribution in [1.82, 2.24) is 20.3 Å². The number of aliphatic carboxylic acids is 1. The predicted octanol–water partition coefficient (Wildman–Crippen LogP) is 1.72. The quantitative estimate of drug-likeness (QED) is 0.857. The van der Waals surface area contributed by atoms with E-state index >= 15 is 0 Å². The van der Waals surface area contributed by atoms with Gasteiger partial charge in [0.2, 0.25) is 5.91 Å². The highest BCUT2D eigenvalue weighted by atomic mass is 35.5. The van der Waals surface area contributed by atoms with Crippen LogP contribution in [0.3, 0.4) is 0 Å². The lowest BCUT2D eigenvalue weighted by Crippen LogP contribution is -2.30. The number of likely N-dealkylation sites (tertiary alicyclic amines) is 1. The molecule has 0 saturated carbocycles. The minimum Gasteiger partial charge on any atom is -0.481 e. The normalized spacial score (nSPS) is 20.3. The predicted molar refractivity (Wildman–Crippen MR) is 86.6 cm³/mol. The molecule has 3 rings (SSSR count). The van der Waals surface area contributed by atoms with Crippen LogP contribution in [-0.4, -0.2) is 50.4 Å². The number of rotatable bonds is 5. The number of benzene rings is 1. The molecule has 1 fully saturated rings. The Bertz CT molecular complexity index is 735. The fourth-order valence-electron chi connectivity index (χ4n) is 3.16. The number of hydrogen-bond donors (Lipinski definition) is 2. The smallest absolute Gasteiger partial charge is 0.303 e. The summed E-state index contributed by atoms with van der Waals surface area (Å²) < 4.78 is 0. The topological polar surface area (TPSA) is 99.2 Å². The van der Waals surface area contributed by atoms with Crippen molar-refractivity contribution in [3.8, 4) is 0 Å². The van der Waals surface area contributed by atoms with Crippen molar-refractivity contribution >= 4 is 23.5 Å². The van der Waals surface area contributed by atoms with E-state index in [0.29, 0.717) is 23.8 Å². The number of carboxylic acid groups (broad SMARTS) is 1. The third-order valence-electron chi connectivity index (χ3n) is 4.29. The molecule has 2 N–H and O–H groups in total. The van der Waals surface area contributed by atoms with Crippen molar-refractivity contribution in [2.45, 2.75) is 18.8 Å². The van der Waals surface area contributed by atoms with Crippen LogP contribution in [0, 0.1) is 5.92 Å². The Balaban J connectivity index is 1.72. The molecule has 1 aliphatic rings. The first-order chi connectivity index (χ1) is 11.5. The molecule has 2 aromatic rings. The first-order valence-electron chi connectivity index (χ1n) is 7.62. The highest BCUT2D eigenvalue weighted by molar-refractivity contribution is 6.30. The summed E-state index contributed by atoms with van der Waals surface area (Å²) in [7, 11) is 0. The van der Waals surface area contributed by atoms with Crippen LogP contribution in [0.15, 0.2) is 30.5 Å². The molecule has 2 heterocycles. The Morgan fingerprint density at radius 3 is 2.88 bits per heavy atom. The van der Waals surface area contributed by atoms with Crippen LogP contribution >= 0.6 is 11.6 Å². The Morgan fingerprint density at radius 1 is 1.38 bits per heavy atom. The molecule has 24 heavy (non-hydrogen) atoms. The van der Waals surface area contributed by atoms with Crippen molar-refractivity contribution < 1.29 is 14.7 Å². The summed E-state index contributed by atoms with van der Waals surface area (Å²) >= 11 is 5.95. The summed E-state index contributed by atoms with van der Waals surface area (Å²) in [6.07, 6.45) is 1.83. The van der Waals surface area contributed by atoms with E-state index in [0.717, 1.165) is 5.56 Å². The van der Waals surface area contributed by atoms with Crippen LogP contribution in [0.1, 0.15) is 23.6 Å². The van der Waals surface area contributed by atoms with Crippen LogP contribution in [0.5, 0.6) is 0 Å². The second-order valence-corrected chi connectivity index (χ2v) is 6.40. The summed E-state index contributed by atoms with van der Waals surface area (Å²) in [4.78, 5) is 25.4. The molecule has 0 bridgehead atoms. The molecule has 1 saturated heterocycles. The molecular weight excluding hydrogens is 332 g/mol. The van der Waals surface area contributed by atoms with E-state index in [1.165, 1.54) is 0 Å². The van der Waals surface area contributed by atoms with Crippen molar-refractivity contribution in [3.63, 3.8) is 0 Å². The lowest BCUT2D eigenvalue weighted by atomic mass is 9.91. The summed E-state index contributed by atoms with van der Waals surface area (Å²) in [5.74, 6) is -1.21. The van der Waals surface area contributed by atoms with Gasteiger partial charge < -0.3 is 10.0 Å². The SMILES string of the molecule is O=C(O)C[C@H]1CN(C(=O)Cc2cccc(Cl)c2)C[C@H]1c1cn[nH]n1. The number of amides is 1. The maximum atomic E-state index is 12.6. The zero-order valence-corrected chi connectivity index (χ0v) is 13.6. The molecule has 2 atom stereocenters. The van der Waals surface area contributed by atoms with E-state index in [1.807, 2.05) is 6.07 Å².